The topological polar surface area (TPSA) is 82.7 Å². The first-order valence-electron chi connectivity index (χ1n) is 9.36. The van der Waals surface area contributed by atoms with E-state index in [-0.39, 0.29) is 5.69 Å². The van der Waals surface area contributed by atoms with E-state index in [1.54, 1.807) is 21.8 Å². The van der Waals surface area contributed by atoms with Crippen LogP contribution in [0.3, 0.4) is 0 Å². The zero-order chi connectivity index (χ0) is 19.3. The monoisotopic (exact) mass is 394 g/mol. The summed E-state index contributed by atoms with van der Waals surface area (Å²) in [4.78, 5) is 18.4. The maximum Gasteiger partial charge on any atom is 0.348 e. The molecule has 1 aromatic carbocycles. The van der Waals surface area contributed by atoms with Crippen molar-refractivity contribution >= 4 is 33.6 Å². The van der Waals surface area contributed by atoms with Gasteiger partial charge in [0.1, 0.15) is 0 Å². The van der Waals surface area contributed by atoms with Gasteiger partial charge in [0, 0.05) is 54.7 Å². The van der Waals surface area contributed by atoms with Gasteiger partial charge in [-0.25, -0.2) is 14.3 Å². The van der Waals surface area contributed by atoms with E-state index in [0.717, 1.165) is 49.2 Å². The molecule has 5 rings (SSSR count). The number of nitrogens with two attached hydrogens (primary N) is 1. The zero-order valence-corrected chi connectivity index (χ0v) is 16.5. The first-order chi connectivity index (χ1) is 13.6. The lowest BCUT2D eigenvalue weighted by molar-refractivity contribution is 0.149. The van der Waals surface area contributed by atoms with Gasteiger partial charge in [-0.15, -0.1) is 11.3 Å². The normalized spacial score (nSPS) is 16.3. The number of piperazine rings is 1. The van der Waals surface area contributed by atoms with Gasteiger partial charge in [0.15, 0.2) is 5.65 Å². The van der Waals surface area contributed by atoms with E-state index >= 15 is 0 Å². The summed E-state index contributed by atoms with van der Waals surface area (Å²) >= 11 is 1.79. The zero-order valence-electron chi connectivity index (χ0n) is 15.7. The number of H-pyrrole nitrogens is 1. The van der Waals surface area contributed by atoms with Crippen molar-refractivity contribution in [1.29, 1.82) is 0 Å². The SMILES string of the molecule is CN1CCN(Cc2cc(-c3ccc4c(N)cc5n[nH]c(=O)n5c4c3)cs2)CC1. The number of nitrogens with one attached hydrogen (secondary N) is 1. The quantitative estimate of drug-likeness (QED) is 0.557. The van der Waals surface area contributed by atoms with Gasteiger partial charge in [0.05, 0.1) is 5.52 Å². The van der Waals surface area contributed by atoms with Gasteiger partial charge in [-0.1, -0.05) is 12.1 Å². The molecular formula is C20H22N6OS. The Labute approximate surface area is 166 Å². The maximum atomic E-state index is 12.2. The number of hydrogen-bond acceptors (Lipinski definition) is 6. The van der Waals surface area contributed by atoms with Crippen LogP contribution in [0, 0.1) is 0 Å². The molecule has 0 amide bonds. The number of likely N-dealkylation sites (N-methyl/N-ethyl adjacent to an activating group) is 1. The molecule has 1 fully saturated rings. The summed E-state index contributed by atoms with van der Waals surface area (Å²) in [5.74, 6) is 0. The molecule has 0 atom stereocenters. The molecular weight excluding hydrogens is 372 g/mol. The number of pyridine rings is 1. The van der Waals surface area contributed by atoms with E-state index in [1.807, 2.05) is 12.1 Å². The summed E-state index contributed by atoms with van der Waals surface area (Å²) in [6.07, 6.45) is 0. The minimum absolute atomic E-state index is 0.252. The molecule has 1 aliphatic rings. The van der Waals surface area contributed by atoms with Gasteiger partial charge in [-0.05, 0) is 35.7 Å². The second-order valence-electron chi connectivity index (χ2n) is 7.44. The lowest BCUT2D eigenvalue weighted by Gasteiger charge is -2.31. The van der Waals surface area contributed by atoms with Crippen molar-refractivity contribution in [3.05, 3.63) is 51.1 Å². The van der Waals surface area contributed by atoms with Crippen LogP contribution in [0.2, 0.25) is 0 Å². The van der Waals surface area contributed by atoms with Crippen LogP contribution in [0.15, 0.2) is 40.5 Å². The van der Waals surface area contributed by atoms with Crippen LogP contribution in [-0.2, 0) is 6.54 Å². The summed E-state index contributed by atoms with van der Waals surface area (Å²) in [5.41, 5.74) is 10.1. The summed E-state index contributed by atoms with van der Waals surface area (Å²) in [6, 6.07) is 10.1. The number of hydrogen-bond donors (Lipinski definition) is 2. The van der Waals surface area contributed by atoms with Crippen LogP contribution in [0.1, 0.15) is 4.88 Å². The molecule has 0 aliphatic carbocycles. The molecule has 8 heteroatoms. The molecule has 144 valence electrons. The molecule has 1 aliphatic heterocycles. The molecule has 0 spiro atoms. The van der Waals surface area contributed by atoms with Crippen molar-refractivity contribution in [3.8, 4) is 11.1 Å². The molecule has 0 bridgehead atoms. The average molecular weight is 395 g/mol. The highest BCUT2D eigenvalue weighted by Crippen LogP contribution is 2.31. The number of nitrogens with zero attached hydrogens (tertiary/aromatic N) is 4. The molecule has 4 aromatic rings. The third-order valence-electron chi connectivity index (χ3n) is 5.49. The van der Waals surface area contributed by atoms with Crippen LogP contribution in [0.4, 0.5) is 5.69 Å². The summed E-state index contributed by atoms with van der Waals surface area (Å²) in [6.45, 7) is 5.46. The van der Waals surface area contributed by atoms with E-state index in [0.29, 0.717) is 11.3 Å². The third kappa shape index (κ3) is 2.99. The van der Waals surface area contributed by atoms with Crippen LogP contribution < -0.4 is 11.4 Å². The van der Waals surface area contributed by atoms with Crippen molar-refractivity contribution in [2.45, 2.75) is 6.54 Å². The Kier molecular flexibility index (Phi) is 4.19. The Balaban J connectivity index is 1.50. The van der Waals surface area contributed by atoms with Gasteiger partial charge in [-0.3, -0.25) is 4.90 Å². The van der Waals surface area contributed by atoms with Crippen molar-refractivity contribution in [2.24, 2.45) is 0 Å². The fourth-order valence-corrected chi connectivity index (χ4v) is 4.77. The van der Waals surface area contributed by atoms with Gasteiger partial charge < -0.3 is 10.6 Å². The van der Waals surface area contributed by atoms with E-state index in [4.69, 9.17) is 5.73 Å². The van der Waals surface area contributed by atoms with Crippen molar-refractivity contribution in [2.75, 3.05) is 39.0 Å². The van der Waals surface area contributed by atoms with Gasteiger partial charge in [0.25, 0.3) is 0 Å². The predicted octanol–water partition coefficient (Wildman–Crippen LogP) is 2.23. The first kappa shape index (κ1) is 17.4. The maximum absolute atomic E-state index is 12.2. The summed E-state index contributed by atoms with van der Waals surface area (Å²) < 4.78 is 1.58. The van der Waals surface area contributed by atoms with Crippen molar-refractivity contribution in [1.82, 2.24) is 24.4 Å². The molecule has 3 aromatic heterocycles. The van der Waals surface area contributed by atoms with Crippen LogP contribution in [-0.4, -0.2) is 57.6 Å². The minimum Gasteiger partial charge on any atom is -0.398 e. The number of thiophene rings is 1. The molecule has 3 N–H and O–H groups in total. The van der Waals surface area contributed by atoms with Gasteiger partial charge in [0.2, 0.25) is 0 Å². The number of anilines is 1. The molecule has 0 unspecified atom stereocenters. The van der Waals surface area contributed by atoms with E-state index in [2.05, 4.69) is 44.6 Å². The molecule has 4 heterocycles. The number of fused-ring (bicyclic) bond motifs is 3. The average Bonchev–Trinajstić information content (AvgIpc) is 3.30. The fraction of sp³-hybridized carbons (Fsp3) is 0.300. The highest BCUT2D eigenvalue weighted by atomic mass is 32.1. The lowest BCUT2D eigenvalue weighted by Crippen LogP contribution is -2.43. The van der Waals surface area contributed by atoms with E-state index in [1.165, 1.54) is 10.4 Å². The fourth-order valence-electron chi connectivity index (χ4n) is 3.84. The second-order valence-corrected chi connectivity index (χ2v) is 8.43. The highest BCUT2D eigenvalue weighted by molar-refractivity contribution is 7.10. The number of nitrogen functional groups attached to an aromatic ring is 1. The summed E-state index contributed by atoms with van der Waals surface area (Å²) in [7, 11) is 2.18. The Bertz CT molecular complexity index is 1210. The number of benzene rings is 1. The Morgan fingerprint density at radius 3 is 2.79 bits per heavy atom. The minimum atomic E-state index is -0.252. The smallest absolute Gasteiger partial charge is 0.348 e. The molecule has 0 radical (unpaired) electrons. The molecule has 7 nitrogen and oxygen atoms in total. The molecule has 1 saturated heterocycles. The molecule has 28 heavy (non-hydrogen) atoms. The van der Waals surface area contributed by atoms with E-state index < -0.39 is 0 Å². The van der Waals surface area contributed by atoms with Gasteiger partial charge in [-0.2, -0.15) is 5.10 Å². The Morgan fingerprint density at radius 1 is 1.14 bits per heavy atom. The third-order valence-corrected chi connectivity index (χ3v) is 6.42. The number of aromatic nitrogens is 3. The van der Waals surface area contributed by atoms with Gasteiger partial charge >= 0.3 is 5.69 Å². The first-order valence-corrected chi connectivity index (χ1v) is 10.2. The van der Waals surface area contributed by atoms with Crippen LogP contribution in [0.5, 0.6) is 0 Å². The Hall–Kier alpha value is -2.68. The van der Waals surface area contributed by atoms with Crippen LogP contribution >= 0.6 is 11.3 Å². The van der Waals surface area contributed by atoms with Crippen LogP contribution in [0.25, 0.3) is 27.7 Å². The lowest BCUT2D eigenvalue weighted by atomic mass is 10.0. The predicted molar refractivity (Wildman–Crippen MR) is 114 cm³/mol. The van der Waals surface area contributed by atoms with Crippen molar-refractivity contribution in [3.63, 3.8) is 0 Å². The Morgan fingerprint density at radius 2 is 1.96 bits per heavy atom. The standard InChI is InChI=1S/C20H22N6OS/c1-24-4-6-25(7-5-24)11-15-8-14(12-28-15)13-2-3-16-17(21)10-19-22-23-20(27)26(19)18(16)9-13/h2-3,8-10,12H,4-7,11,21H2,1H3,(H,23,27). The number of rotatable bonds is 3. The number of aromatic amines is 1. The molecule has 0 saturated carbocycles. The highest BCUT2D eigenvalue weighted by Gasteiger charge is 2.15. The largest absolute Gasteiger partial charge is 0.398 e. The van der Waals surface area contributed by atoms with Crippen molar-refractivity contribution < 1.29 is 0 Å². The summed E-state index contributed by atoms with van der Waals surface area (Å²) in [5, 5.41) is 9.59. The second kappa shape index (κ2) is 6.73. The van der Waals surface area contributed by atoms with E-state index in [9.17, 15) is 4.79 Å².